The molecule has 0 unspecified atom stereocenters. The third-order valence-electron chi connectivity index (χ3n) is 6.24. The van der Waals surface area contributed by atoms with Crippen molar-refractivity contribution in [3.05, 3.63) is 0 Å². The van der Waals surface area contributed by atoms with E-state index < -0.39 is 0 Å². The van der Waals surface area contributed by atoms with Gasteiger partial charge in [-0.1, -0.05) is 40.0 Å². The van der Waals surface area contributed by atoms with Gasteiger partial charge in [0.15, 0.2) is 0 Å². The van der Waals surface area contributed by atoms with Gasteiger partial charge in [-0.15, -0.1) is 0 Å². The van der Waals surface area contributed by atoms with E-state index >= 15 is 0 Å². The van der Waals surface area contributed by atoms with Crippen LogP contribution in [0.4, 0.5) is 0 Å². The number of nitrogens with one attached hydrogen (secondary N) is 1. The second kappa shape index (κ2) is 7.26. The minimum Gasteiger partial charge on any atom is -0.316 e. The molecular weight excluding hydrogens is 244 g/mol. The predicted molar refractivity (Wildman–Crippen MR) is 88.1 cm³/mol. The molecular formula is C18H36N2. The molecule has 0 bridgehead atoms. The van der Waals surface area contributed by atoms with E-state index in [0.717, 1.165) is 6.54 Å². The first kappa shape index (κ1) is 16.3. The summed E-state index contributed by atoms with van der Waals surface area (Å²) in [6.07, 6.45) is 11.4. The van der Waals surface area contributed by atoms with Gasteiger partial charge in [0.2, 0.25) is 0 Å². The summed E-state index contributed by atoms with van der Waals surface area (Å²) < 4.78 is 0. The van der Waals surface area contributed by atoms with Crippen LogP contribution >= 0.6 is 0 Å². The Morgan fingerprint density at radius 1 is 0.900 bits per heavy atom. The maximum atomic E-state index is 3.65. The number of likely N-dealkylation sites (tertiary alicyclic amines) is 1. The van der Waals surface area contributed by atoms with E-state index in [0.29, 0.717) is 10.8 Å². The maximum Gasteiger partial charge on any atom is 0.00504 e. The van der Waals surface area contributed by atoms with E-state index in [2.05, 4.69) is 31.0 Å². The SMILES string of the molecule is CCNCC1(CN2CCC(CC)(CC)C2)CCCCC1. The minimum atomic E-state index is 0.575. The van der Waals surface area contributed by atoms with Crippen LogP contribution < -0.4 is 5.32 Å². The van der Waals surface area contributed by atoms with Gasteiger partial charge in [-0.2, -0.15) is 0 Å². The quantitative estimate of drug-likeness (QED) is 0.756. The van der Waals surface area contributed by atoms with Crippen molar-refractivity contribution in [2.75, 3.05) is 32.7 Å². The van der Waals surface area contributed by atoms with Crippen molar-refractivity contribution in [3.63, 3.8) is 0 Å². The van der Waals surface area contributed by atoms with Crippen molar-refractivity contribution in [1.29, 1.82) is 0 Å². The molecule has 2 fully saturated rings. The van der Waals surface area contributed by atoms with Crippen LogP contribution in [0.25, 0.3) is 0 Å². The molecule has 0 aromatic carbocycles. The van der Waals surface area contributed by atoms with E-state index in [1.165, 1.54) is 77.5 Å². The van der Waals surface area contributed by atoms with E-state index in [-0.39, 0.29) is 0 Å². The summed E-state index contributed by atoms with van der Waals surface area (Å²) in [5, 5.41) is 3.65. The molecule has 1 N–H and O–H groups in total. The highest BCUT2D eigenvalue weighted by molar-refractivity contribution is 4.93. The zero-order valence-electron chi connectivity index (χ0n) is 14.1. The van der Waals surface area contributed by atoms with Gasteiger partial charge in [-0.05, 0) is 56.0 Å². The summed E-state index contributed by atoms with van der Waals surface area (Å²) in [5.74, 6) is 0. The molecule has 0 aromatic rings. The Labute approximate surface area is 126 Å². The van der Waals surface area contributed by atoms with Crippen molar-refractivity contribution >= 4 is 0 Å². The van der Waals surface area contributed by atoms with Crippen LogP contribution in [0, 0.1) is 10.8 Å². The smallest absolute Gasteiger partial charge is 0.00504 e. The molecule has 0 atom stereocenters. The Balaban J connectivity index is 1.94. The Kier molecular flexibility index (Phi) is 5.92. The third kappa shape index (κ3) is 3.76. The molecule has 1 aliphatic carbocycles. The summed E-state index contributed by atoms with van der Waals surface area (Å²) in [6.45, 7) is 13.4. The monoisotopic (exact) mass is 280 g/mol. The highest BCUT2D eigenvalue weighted by Crippen LogP contribution is 2.41. The molecule has 1 aliphatic heterocycles. The molecule has 2 heteroatoms. The van der Waals surface area contributed by atoms with E-state index in [1.54, 1.807) is 0 Å². The van der Waals surface area contributed by atoms with E-state index in [1.807, 2.05) is 0 Å². The molecule has 2 nitrogen and oxygen atoms in total. The summed E-state index contributed by atoms with van der Waals surface area (Å²) in [5.41, 5.74) is 1.21. The Bertz CT molecular complexity index is 277. The Morgan fingerprint density at radius 3 is 2.15 bits per heavy atom. The fourth-order valence-electron chi connectivity index (χ4n) is 4.55. The Morgan fingerprint density at radius 2 is 1.60 bits per heavy atom. The first-order chi connectivity index (χ1) is 9.67. The summed E-state index contributed by atoms with van der Waals surface area (Å²) in [6, 6.07) is 0. The van der Waals surface area contributed by atoms with Gasteiger partial charge in [-0.3, -0.25) is 0 Å². The molecule has 2 aliphatic rings. The molecule has 0 radical (unpaired) electrons. The number of hydrogen-bond donors (Lipinski definition) is 1. The lowest BCUT2D eigenvalue weighted by molar-refractivity contribution is 0.107. The number of rotatable bonds is 7. The average Bonchev–Trinajstić information content (AvgIpc) is 2.90. The second-order valence-corrected chi connectivity index (χ2v) is 7.51. The van der Waals surface area contributed by atoms with Crippen molar-refractivity contribution in [1.82, 2.24) is 10.2 Å². The molecule has 2 rings (SSSR count). The first-order valence-corrected chi connectivity index (χ1v) is 9.11. The van der Waals surface area contributed by atoms with Gasteiger partial charge in [0.05, 0.1) is 0 Å². The molecule has 1 heterocycles. The molecule has 1 saturated heterocycles. The van der Waals surface area contributed by atoms with Gasteiger partial charge in [0.1, 0.15) is 0 Å². The normalized spacial score (nSPS) is 25.9. The van der Waals surface area contributed by atoms with E-state index in [4.69, 9.17) is 0 Å². The third-order valence-corrected chi connectivity index (χ3v) is 6.24. The molecule has 0 spiro atoms. The minimum absolute atomic E-state index is 0.575. The van der Waals surface area contributed by atoms with Gasteiger partial charge < -0.3 is 10.2 Å². The van der Waals surface area contributed by atoms with Crippen molar-refractivity contribution in [2.45, 2.75) is 72.1 Å². The van der Waals surface area contributed by atoms with Crippen LogP contribution in [0.3, 0.4) is 0 Å². The average molecular weight is 280 g/mol. The summed E-state index contributed by atoms with van der Waals surface area (Å²) >= 11 is 0. The van der Waals surface area contributed by atoms with Crippen molar-refractivity contribution in [2.24, 2.45) is 10.8 Å². The zero-order chi connectivity index (χ0) is 14.5. The molecule has 20 heavy (non-hydrogen) atoms. The summed E-state index contributed by atoms with van der Waals surface area (Å²) in [7, 11) is 0. The van der Waals surface area contributed by atoms with Crippen molar-refractivity contribution in [3.8, 4) is 0 Å². The highest BCUT2D eigenvalue weighted by atomic mass is 15.2. The van der Waals surface area contributed by atoms with Crippen LogP contribution in [0.15, 0.2) is 0 Å². The van der Waals surface area contributed by atoms with Crippen LogP contribution in [0.1, 0.15) is 72.1 Å². The Hall–Kier alpha value is -0.0800. The van der Waals surface area contributed by atoms with Crippen LogP contribution in [0.5, 0.6) is 0 Å². The number of nitrogens with zero attached hydrogens (tertiary/aromatic N) is 1. The van der Waals surface area contributed by atoms with Gasteiger partial charge in [-0.25, -0.2) is 0 Å². The lowest BCUT2D eigenvalue weighted by atomic mass is 9.73. The van der Waals surface area contributed by atoms with Crippen molar-refractivity contribution < 1.29 is 0 Å². The fraction of sp³-hybridized carbons (Fsp3) is 1.00. The highest BCUT2D eigenvalue weighted by Gasteiger charge is 2.39. The standard InChI is InChI=1S/C18H36N2/c1-4-17(5-2)12-13-20(15-17)16-18(14-19-6-3)10-8-7-9-11-18/h19H,4-16H2,1-3H3. The van der Waals surface area contributed by atoms with Gasteiger partial charge >= 0.3 is 0 Å². The fourth-order valence-corrected chi connectivity index (χ4v) is 4.55. The molecule has 1 saturated carbocycles. The topological polar surface area (TPSA) is 15.3 Å². The van der Waals surface area contributed by atoms with Gasteiger partial charge in [0.25, 0.3) is 0 Å². The van der Waals surface area contributed by atoms with E-state index in [9.17, 15) is 0 Å². The van der Waals surface area contributed by atoms with Crippen LogP contribution in [-0.2, 0) is 0 Å². The number of hydrogen-bond acceptors (Lipinski definition) is 2. The maximum absolute atomic E-state index is 3.65. The molecule has 118 valence electrons. The molecule has 0 aromatic heterocycles. The lowest BCUT2D eigenvalue weighted by Gasteiger charge is -2.41. The largest absolute Gasteiger partial charge is 0.316 e. The first-order valence-electron chi connectivity index (χ1n) is 9.11. The zero-order valence-corrected chi connectivity index (χ0v) is 14.1. The second-order valence-electron chi connectivity index (χ2n) is 7.51. The summed E-state index contributed by atoms with van der Waals surface area (Å²) in [4.78, 5) is 2.80. The van der Waals surface area contributed by atoms with Crippen LogP contribution in [0.2, 0.25) is 0 Å². The predicted octanol–water partition coefficient (Wildman–Crippen LogP) is 4.06. The van der Waals surface area contributed by atoms with Gasteiger partial charge in [0, 0.05) is 19.6 Å². The molecule has 0 amide bonds. The lowest BCUT2D eigenvalue weighted by Crippen LogP contribution is -2.45. The van der Waals surface area contributed by atoms with Crippen LogP contribution in [-0.4, -0.2) is 37.6 Å².